The van der Waals surface area contributed by atoms with E-state index >= 15 is 0 Å². The molecule has 3 atom stereocenters. The van der Waals surface area contributed by atoms with Gasteiger partial charge >= 0.3 is 17.3 Å². The number of methoxy groups -OCH3 is 2. The van der Waals surface area contributed by atoms with Crippen LogP contribution in [0.4, 0.5) is 10.5 Å². The molecule has 206 valence electrons. The smallest absolute Gasteiger partial charge is 0.334 e. The summed E-state index contributed by atoms with van der Waals surface area (Å²) in [6.45, 7) is 1.15. The number of aromatic nitrogens is 1. The molecule has 39 heavy (non-hydrogen) atoms. The van der Waals surface area contributed by atoms with E-state index in [-0.39, 0.29) is 30.7 Å². The lowest BCUT2D eigenvalue weighted by Crippen LogP contribution is -2.50. The third kappa shape index (κ3) is 4.91. The van der Waals surface area contributed by atoms with Gasteiger partial charge < -0.3 is 24.3 Å². The summed E-state index contributed by atoms with van der Waals surface area (Å²) in [6.07, 6.45) is 1.01. The number of urea groups is 1. The van der Waals surface area contributed by atoms with E-state index in [1.54, 1.807) is 23.1 Å². The van der Waals surface area contributed by atoms with Gasteiger partial charge in [0.15, 0.2) is 11.5 Å². The number of pyridine rings is 1. The Bertz CT molecular complexity index is 1410. The molecular formula is C26H29N5O8. The van der Waals surface area contributed by atoms with Gasteiger partial charge in [-0.3, -0.25) is 29.4 Å². The van der Waals surface area contributed by atoms with Gasteiger partial charge in [-0.2, -0.15) is 0 Å². The Kier molecular flexibility index (Phi) is 6.98. The van der Waals surface area contributed by atoms with E-state index in [9.17, 15) is 29.3 Å². The molecule has 3 unspecified atom stereocenters. The largest absolute Gasteiger partial charge is 0.493 e. The Balaban J connectivity index is 1.21. The van der Waals surface area contributed by atoms with E-state index in [1.807, 2.05) is 6.07 Å². The highest BCUT2D eigenvalue weighted by Gasteiger charge is 2.42. The second kappa shape index (κ2) is 10.4. The number of nitrogens with zero attached hydrogens (tertiary/aromatic N) is 4. The zero-order valence-corrected chi connectivity index (χ0v) is 21.6. The van der Waals surface area contributed by atoms with Gasteiger partial charge in [0.05, 0.1) is 25.6 Å². The number of benzene rings is 1. The van der Waals surface area contributed by atoms with Gasteiger partial charge in [0.1, 0.15) is 6.04 Å². The first kappa shape index (κ1) is 26.2. The molecule has 0 aliphatic carbocycles. The van der Waals surface area contributed by atoms with Gasteiger partial charge in [-0.05, 0) is 42.5 Å². The highest BCUT2D eigenvalue weighted by molar-refractivity contribution is 6.05. The third-order valence-corrected chi connectivity index (χ3v) is 7.69. The summed E-state index contributed by atoms with van der Waals surface area (Å²) in [5.41, 5.74) is 0.445. The molecule has 2 bridgehead atoms. The molecule has 0 saturated carbocycles. The summed E-state index contributed by atoms with van der Waals surface area (Å²) in [7, 11) is 3.07. The number of likely N-dealkylation sites (tertiary alicyclic amines) is 1. The van der Waals surface area contributed by atoms with Crippen molar-refractivity contribution in [2.24, 2.45) is 5.92 Å². The monoisotopic (exact) mass is 539 g/mol. The van der Waals surface area contributed by atoms with Crippen LogP contribution < -0.4 is 20.3 Å². The first-order valence-electron chi connectivity index (χ1n) is 12.7. The zero-order chi connectivity index (χ0) is 27.8. The molecule has 3 aliphatic rings. The summed E-state index contributed by atoms with van der Waals surface area (Å²) in [5.74, 6) is 0.243. The van der Waals surface area contributed by atoms with Crippen LogP contribution in [0.25, 0.3) is 0 Å². The standard InChI is InChI=1S/C26H29N5O8/c1-38-21-6-3-15(10-22(21)39-2)7-8-29-24(33)18(27-26(29)35)11-23(32)28-12-16-9-17(14-28)19-4-5-20(31(36)37)25(34)30(19)13-16/h3-6,10,16-18H,7-9,11-14H2,1-2H3,(H,27,35). The average molecular weight is 540 g/mol. The molecule has 4 amide bonds. The Morgan fingerprint density at radius 3 is 2.56 bits per heavy atom. The number of piperidine rings is 1. The molecule has 1 aromatic carbocycles. The lowest BCUT2D eigenvalue weighted by Gasteiger charge is -2.42. The molecule has 4 heterocycles. The molecule has 2 aromatic rings. The number of hydrogen-bond acceptors (Lipinski definition) is 8. The minimum Gasteiger partial charge on any atom is -0.493 e. The van der Waals surface area contributed by atoms with E-state index in [1.165, 1.54) is 24.9 Å². The van der Waals surface area contributed by atoms with Gasteiger partial charge in [0.25, 0.3) is 5.91 Å². The molecular weight excluding hydrogens is 510 g/mol. The summed E-state index contributed by atoms with van der Waals surface area (Å²) >= 11 is 0. The third-order valence-electron chi connectivity index (χ3n) is 7.69. The van der Waals surface area contributed by atoms with E-state index in [0.29, 0.717) is 43.2 Å². The number of imide groups is 1. The molecule has 2 saturated heterocycles. The van der Waals surface area contributed by atoms with Crippen molar-refractivity contribution < 1.29 is 28.8 Å². The van der Waals surface area contributed by atoms with E-state index in [0.717, 1.165) is 16.9 Å². The fourth-order valence-electron chi connectivity index (χ4n) is 5.78. The Hall–Kier alpha value is -4.42. The molecule has 2 fully saturated rings. The van der Waals surface area contributed by atoms with Crippen LogP contribution in [0.15, 0.2) is 35.1 Å². The van der Waals surface area contributed by atoms with Crippen LogP contribution in [-0.2, 0) is 22.6 Å². The number of ether oxygens (including phenoxy) is 2. The molecule has 0 radical (unpaired) electrons. The Labute approximate surface area is 223 Å². The lowest BCUT2D eigenvalue weighted by molar-refractivity contribution is -0.386. The summed E-state index contributed by atoms with van der Waals surface area (Å²) in [5, 5.41) is 13.8. The normalized spacial score (nSPS) is 21.8. The van der Waals surface area contributed by atoms with Crippen molar-refractivity contribution in [3.63, 3.8) is 0 Å². The topological polar surface area (TPSA) is 153 Å². The average Bonchev–Trinajstić information content (AvgIpc) is 3.18. The van der Waals surface area contributed by atoms with Gasteiger partial charge in [0.2, 0.25) is 5.91 Å². The minimum absolute atomic E-state index is 0.0354. The highest BCUT2D eigenvalue weighted by atomic mass is 16.6. The zero-order valence-electron chi connectivity index (χ0n) is 21.6. The molecule has 5 rings (SSSR count). The van der Waals surface area contributed by atoms with E-state index in [4.69, 9.17) is 9.47 Å². The highest BCUT2D eigenvalue weighted by Crippen LogP contribution is 2.36. The van der Waals surface area contributed by atoms with Gasteiger partial charge in [0, 0.05) is 43.9 Å². The molecule has 13 nitrogen and oxygen atoms in total. The van der Waals surface area contributed by atoms with Crippen LogP contribution in [0.2, 0.25) is 0 Å². The van der Waals surface area contributed by atoms with Crippen molar-refractivity contribution in [1.29, 1.82) is 0 Å². The molecule has 13 heteroatoms. The number of hydrogen-bond donors (Lipinski definition) is 1. The lowest BCUT2D eigenvalue weighted by atomic mass is 9.83. The van der Waals surface area contributed by atoms with Crippen LogP contribution in [0.3, 0.4) is 0 Å². The Morgan fingerprint density at radius 2 is 1.85 bits per heavy atom. The van der Waals surface area contributed by atoms with Crippen molar-refractivity contribution in [2.75, 3.05) is 33.9 Å². The second-order valence-electron chi connectivity index (χ2n) is 10.0. The number of nitro groups is 1. The number of carbonyl (C=O) groups is 3. The number of rotatable bonds is 8. The van der Waals surface area contributed by atoms with Crippen molar-refractivity contribution in [3.8, 4) is 11.5 Å². The van der Waals surface area contributed by atoms with Crippen LogP contribution >= 0.6 is 0 Å². The second-order valence-corrected chi connectivity index (χ2v) is 10.0. The maximum atomic E-state index is 13.2. The quantitative estimate of drug-likeness (QED) is 0.299. The molecule has 1 N–H and O–H groups in total. The summed E-state index contributed by atoms with van der Waals surface area (Å²) in [4.78, 5) is 64.6. The number of fused-ring (bicyclic) bond motifs is 4. The number of carbonyl (C=O) groups excluding carboxylic acids is 3. The van der Waals surface area contributed by atoms with Crippen LogP contribution in [0.1, 0.15) is 30.0 Å². The van der Waals surface area contributed by atoms with E-state index < -0.39 is 34.2 Å². The maximum absolute atomic E-state index is 13.2. The molecule has 1 aromatic heterocycles. The summed E-state index contributed by atoms with van der Waals surface area (Å²) < 4.78 is 12.0. The maximum Gasteiger partial charge on any atom is 0.334 e. The van der Waals surface area contributed by atoms with Gasteiger partial charge in [-0.15, -0.1) is 0 Å². The van der Waals surface area contributed by atoms with Crippen molar-refractivity contribution in [2.45, 2.75) is 37.8 Å². The first-order chi connectivity index (χ1) is 18.7. The van der Waals surface area contributed by atoms with E-state index in [2.05, 4.69) is 5.32 Å². The number of amides is 4. The van der Waals surface area contributed by atoms with Gasteiger partial charge in [-0.25, -0.2) is 4.79 Å². The molecule has 0 spiro atoms. The van der Waals surface area contributed by atoms with Gasteiger partial charge in [-0.1, -0.05) is 6.07 Å². The van der Waals surface area contributed by atoms with Crippen molar-refractivity contribution >= 4 is 23.5 Å². The van der Waals surface area contributed by atoms with Crippen LogP contribution in [0.5, 0.6) is 11.5 Å². The molecule has 3 aliphatic heterocycles. The van der Waals surface area contributed by atoms with Crippen molar-refractivity contribution in [1.82, 2.24) is 19.7 Å². The Morgan fingerprint density at radius 1 is 1.08 bits per heavy atom. The predicted molar refractivity (Wildman–Crippen MR) is 137 cm³/mol. The SMILES string of the molecule is COc1ccc(CCN2C(=O)NC(CC(=O)N3CC4CC(C3)c3ccc([N+](=O)[O-])c(=O)n3C4)C2=O)cc1OC. The fourth-order valence-corrected chi connectivity index (χ4v) is 5.78. The minimum atomic E-state index is -0.949. The summed E-state index contributed by atoms with van der Waals surface area (Å²) in [6, 6.07) is 6.70. The number of nitrogens with one attached hydrogen (secondary N) is 1. The fraction of sp³-hybridized carbons (Fsp3) is 0.462. The van der Waals surface area contributed by atoms with Crippen LogP contribution in [0, 0.1) is 16.0 Å². The van der Waals surface area contributed by atoms with Crippen LogP contribution in [-0.4, -0.2) is 77.0 Å². The van der Waals surface area contributed by atoms with Crippen molar-refractivity contribution in [3.05, 3.63) is 62.1 Å². The predicted octanol–water partition coefficient (Wildman–Crippen LogP) is 1.27. The first-order valence-corrected chi connectivity index (χ1v) is 12.7.